The van der Waals surface area contributed by atoms with Gasteiger partial charge in [0, 0.05) is 11.3 Å². The van der Waals surface area contributed by atoms with Crippen LogP contribution in [-0.4, -0.2) is 20.2 Å². The highest BCUT2D eigenvalue weighted by Crippen LogP contribution is 2.27. The summed E-state index contributed by atoms with van der Waals surface area (Å²) in [6, 6.07) is 6.08. The summed E-state index contributed by atoms with van der Waals surface area (Å²) in [6.07, 6.45) is 0. The van der Waals surface area contributed by atoms with E-state index in [1.54, 1.807) is 4.68 Å². The van der Waals surface area contributed by atoms with Gasteiger partial charge in [0.1, 0.15) is 0 Å². The maximum Gasteiger partial charge on any atom is 0.184 e. The number of benzene rings is 1. The molecule has 5 heteroatoms. The van der Waals surface area contributed by atoms with Crippen molar-refractivity contribution < 1.29 is 0 Å². The van der Waals surface area contributed by atoms with Gasteiger partial charge in [0.25, 0.3) is 0 Å². The molecule has 0 aliphatic heterocycles. The molecule has 1 heterocycles. The SMILES string of the molecule is Cc1cccc(-c2nnnn2C(C)C)c1N. The number of hydrogen-bond acceptors (Lipinski definition) is 4. The van der Waals surface area contributed by atoms with Crippen LogP contribution in [0.3, 0.4) is 0 Å². The van der Waals surface area contributed by atoms with Crippen molar-refractivity contribution in [2.45, 2.75) is 26.8 Å². The Hall–Kier alpha value is -1.91. The molecule has 5 nitrogen and oxygen atoms in total. The van der Waals surface area contributed by atoms with E-state index < -0.39 is 0 Å². The van der Waals surface area contributed by atoms with Crippen LogP contribution < -0.4 is 5.73 Å². The standard InChI is InChI=1S/C11H15N5/c1-7(2)16-11(13-14-15-16)9-6-4-5-8(3)10(9)12/h4-7H,12H2,1-3H3. The molecule has 0 spiro atoms. The van der Waals surface area contributed by atoms with Crippen LogP contribution in [0.15, 0.2) is 18.2 Å². The highest BCUT2D eigenvalue weighted by molar-refractivity contribution is 5.73. The van der Waals surface area contributed by atoms with Crippen LogP contribution in [0.5, 0.6) is 0 Å². The largest absolute Gasteiger partial charge is 0.398 e. The molecule has 2 rings (SSSR count). The molecular formula is C11H15N5. The summed E-state index contributed by atoms with van der Waals surface area (Å²) >= 11 is 0. The topological polar surface area (TPSA) is 69.6 Å². The summed E-state index contributed by atoms with van der Waals surface area (Å²) in [6.45, 7) is 6.04. The first-order valence-electron chi connectivity index (χ1n) is 5.24. The van der Waals surface area contributed by atoms with Gasteiger partial charge in [-0.25, -0.2) is 4.68 Å². The molecule has 0 unspecified atom stereocenters. The van der Waals surface area contributed by atoms with Crippen molar-refractivity contribution in [3.8, 4) is 11.4 Å². The Labute approximate surface area is 94.3 Å². The molecule has 2 aromatic rings. The van der Waals surface area contributed by atoms with E-state index in [1.165, 1.54) is 0 Å². The summed E-state index contributed by atoms with van der Waals surface area (Å²) in [4.78, 5) is 0. The van der Waals surface area contributed by atoms with Gasteiger partial charge in [-0.2, -0.15) is 0 Å². The van der Waals surface area contributed by atoms with Crippen LogP contribution in [-0.2, 0) is 0 Å². The monoisotopic (exact) mass is 217 g/mol. The van der Waals surface area contributed by atoms with E-state index in [4.69, 9.17) is 5.73 Å². The molecule has 0 aliphatic carbocycles. The van der Waals surface area contributed by atoms with Crippen molar-refractivity contribution in [3.05, 3.63) is 23.8 Å². The first kappa shape index (κ1) is 10.6. The molecule has 0 fully saturated rings. The molecule has 0 amide bonds. The number of rotatable bonds is 2. The van der Waals surface area contributed by atoms with Crippen LogP contribution in [0.2, 0.25) is 0 Å². The van der Waals surface area contributed by atoms with Gasteiger partial charge >= 0.3 is 0 Å². The summed E-state index contributed by atoms with van der Waals surface area (Å²) < 4.78 is 1.77. The zero-order valence-corrected chi connectivity index (χ0v) is 9.68. The zero-order chi connectivity index (χ0) is 11.7. The van der Waals surface area contributed by atoms with Gasteiger partial charge in [-0.05, 0) is 42.8 Å². The summed E-state index contributed by atoms with van der Waals surface area (Å²) in [5.41, 5.74) is 8.69. The quantitative estimate of drug-likeness (QED) is 0.779. The van der Waals surface area contributed by atoms with Crippen molar-refractivity contribution in [2.75, 3.05) is 5.73 Å². The van der Waals surface area contributed by atoms with Crippen molar-refractivity contribution in [1.82, 2.24) is 20.2 Å². The van der Waals surface area contributed by atoms with E-state index in [2.05, 4.69) is 15.5 Å². The third kappa shape index (κ3) is 1.64. The molecule has 84 valence electrons. The zero-order valence-electron chi connectivity index (χ0n) is 9.68. The summed E-state index contributed by atoms with van der Waals surface area (Å²) in [5.74, 6) is 0.719. The van der Waals surface area contributed by atoms with Gasteiger partial charge in [-0.3, -0.25) is 0 Å². The normalized spacial score (nSPS) is 11.0. The van der Waals surface area contributed by atoms with E-state index in [0.717, 1.165) is 22.6 Å². The lowest BCUT2D eigenvalue weighted by atomic mass is 10.1. The minimum Gasteiger partial charge on any atom is -0.398 e. The van der Waals surface area contributed by atoms with E-state index in [9.17, 15) is 0 Å². The number of nitrogens with zero attached hydrogens (tertiary/aromatic N) is 4. The Kier molecular flexibility index (Phi) is 2.60. The van der Waals surface area contributed by atoms with Gasteiger partial charge in [-0.15, -0.1) is 5.10 Å². The number of nitrogens with two attached hydrogens (primary N) is 1. The summed E-state index contributed by atoms with van der Waals surface area (Å²) in [5, 5.41) is 11.7. The minimum atomic E-state index is 0.213. The average Bonchev–Trinajstić information content (AvgIpc) is 2.70. The Morgan fingerprint density at radius 1 is 1.31 bits per heavy atom. The number of nitrogen functional groups attached to an aromatic ring is 1. The minimum absolute atomic E-state index is 0.213. The summed E-state index contributed by atoms with van der Waals surface area (Å²) in [7, 11) is 0. The Morgan fingerprint density at radius 3 is 2.75 bits per heavy atom. The van der Waals surface area contributed by atoms with Crippen molar-refractivity contribution in [3.63, 3.8) is 0 Å². The second-order valence-corrected chi connectivity index (χ2v) is 4.08. The molecule has 0 bridgehead atoms. The maximum absolute atomic E-state index is 6.03. The second-order valence-electron chi connectivity index (χ2n) is 4.08. The number of para-hydroxylation sites is 1. The first-order valence-corrected chi connectivity index (χ1v) is 5.24. The first-order chi connectivity index (χ1) is 7.61. The van der Waals surface area contributed by atoms with E-state index in [1.807, 2.05) is 39.0 Å². The number of aromatic nitrogens is 4. The third-order valence-corrected chi connectivity index (χ3v) is 2.55. The maximum atomic E-state index is 6.03. The van der Waals surface area contributed by atoms with E-state index in [0.29, 0.717) is 0 Å². The van der Waals surface area contributed by atoms with Gasteiger partial charge in [0.15, 0.2) is 5.82 Å². The Balaban J connectivity index is 2.59. The van der Waals surface area contributed by atoms with Crippen LogP contribution in [0.25, 0.3) is 11.4 Å². The van der Waals surface area contributed by atoms with Gasteiger partial charge < -0.3 is 5.73 Å². The number of tetrazole rings is 1. The molecule has 0 atom stereocenters. The fraction of sp³-hybridized carbons (Fsp3) is 0.364. The van der Waals surface area contributed by atoms with Crippen molar-refractivity contribution in [2.24, 2.45) is 0 Å². The smallest absolute Gasteiger partial charge is 0.184 e. The van der Waals surface area contributed by atoms with Gasteiger partial charge in [0.2, 0.25) is 0 Å². The highest BCUT2D eigenvalue weighted by atomic mass is 15.5. The molecular weight excluding hydrogens is 202 g/mol. The molecule has 1 aromatic carbocycles. The average molecular weight is 217 g/mol. The lowest BCUT2D eigenvalue weighted by Crippen LogP contribution is -2.06. The van der Waals surface area contributed by atoms with E-state index in [-0.39, 0.29) is 6.04 Å². The van der Waals surface area contributed by atoms with E-state index >= 15 is 0 Å². The molecule has 2 N–H and O–H groups in total. The number of hydrogen-bond donors (Lipinski definition) is 1. The Morgan fingerprint density at radius 2 is 2.06 bits per heavy atom. The van der Waals surface area contributed by atoms with Gasteiger partial charge in [0.05, 0.1) is 6.04 Å². The lowest BCUT2D eigenvalue weighted by Gasteiger charge is -2.10. The van der Waals surface area contributed by atoms with Crippen LogP contribution in [0.4, 0.5) is 5.69 Å². The number of anilines is 1. The Bertz CT molecular complexity index is 501. The lowest BCUT2D eigenvalue weighted by molar-refractivity contribution is 0.519. The third-order valence-electron chi connectivity index (χ3n) is 2.55. The fourth-order valence-corrected chi connectivity index (χ4v) is 1.59. The van der Waals surface area contributed by atoms with Crippen molar-refractivity contribution >= 4 is 5.69 Å². The van der Waals surface area contributed by atoms with Crippen molar-refractivity contribution in [1.29, 1.82) is 0 Å². The van der Waals surface area contributed by atoms with Crippen LogP contribution in [0.1, 0.15) is 25.5 Å². The molecule has 1 aromatic heterocycles. The predicted octanol–water partition coefficient (Wildman–Crippen LogP) is 1.81. The number of aryl methyl sites for hydroxylation is 1. The molecule has 16 heavy (non-hydrogen) atoms. The fourth-order valence-electron chi connectivity index (χ4n) is 1.59. The molecule has 0 radical (unpaired) electrons. The molecule has 0 saturated carbocycles. The van der Waals surface area contributed by atoms with Crippen LogP contribution in [0, 0.1) is 6.92 Å². The second kappa shape index (κ2) is 3.92. The van der Waals surface area contributed by atoms with Gasteiger partial charge in [-0.1, -0.05) is 12.1 Å². The van der Waals surface area contributed by atoms with Crippen LogP contribution >= 0.6 is 0 Å². The molecule has 0 saturated heterocycles. The predicted molar refractivity (Wildman–Crippen MR) is 62.8 cm³/mol. The highest BCUT2D eigenvalue weighted by Gasteiger charge is 2.14. The molecule has 0 aliphatic rings.